The van der Waals surface area contributed by atoms with Gasteiger partial charge < -0.3 is 13.9 Å². The summed E-state index contributed by atoms with van der Waals surface area (Å²) >= 11 is 0. The molecule has 3 atom stereocenters. The zero-order valence-electron chi connectivity index (χ0n) is 19.3. The Bertz CT molecular complexity index is 604. The molecule has 28 heavy (non-hydrogen) atoms. The summed E-state index contributed by atoms with van der Waals surface area (Å²) in [5.74, 6) is 1.11. The molecule has 0 fully saturated rings. The number of ketones is 1. The van der Waals surface area contributed by atoms with Crippen molar-refractivity contribution in [1.82, 2.24) is 0 Å². The van der Waals surface area contributed by atoms with E-state index in [2.05, 4.69) is 40.8 Å². The van der Waals surface area contributed by atoms with Crippen molar-refractivity contribution in [3.8, 4) is 5.75 Å². The van der Waals surface area contributed by atoms with Crippen LogP contribution in [0.15, 0.2) is 24.3 Å². The van der Waals surface area contributed by atoms with E-state index in [1.165, 1.54) is 0 Å². The summed E-state index contributed by atoms with van der Waals surface area (Å²) in [5, 5.41) is 0.101. The molecule has 0 N–H and O–H groups in total. The largest absolute Gasteiger partial charge is 0.497 e. The second-order valence-corrected chi connectivity index (χ2v) is 14.0. The normalized spacial score (nSPS) is 15.8. The van der Waals surface area contributed by atoms with Gasteiger partial charge in [-0.05, 0) is 35.8 Å². The van der Waals surface area contributed by atoms with E-state index in [-0.39, 0.29) is 28.8 Å². The van der Waals surface area contributed by atoms with Gasteiger partial charge in [-0.25, -0.2) is 0 Å². The molecule has 1 aromatic rings. The molecule has 1 rings (SSSR count). The van der Waals surface area contributed by atoms with Crippen LogP contribution >= 0.6 is 0 Å². The molecule has 0 saturated carbocycles. The minimum atomic E-state index is -1.99. The first kappa shape index (κ1) is 24.9. The molecule has 0 spiro atoms. The second-order valence-electron chi connectivity index (χ2n) is 9.29. The van der Waals surface area contributed by atoms with Gasteiger partial charge in [0.05, 0.1) is 26.4 Å². The number of Topliss-reactive ketones (excluding diaryl/α,β-unsaturated/α-hetero) is 1. The molecule has 4 nitrogen and oxygen atoms in total. The Morgan fingerprint density at radius 1 is 1.11 bits per heavy atom. The third-order valence-electron chi connectivity index (χ3n) is 5.96. The molecule has 5 heteroatoms. The SMILES string of the molecule is CCC(=O)[C@@H](C)[C@H](O[Si](C)(C)C(C)(C)C)[C@H](C)COCc1ccc(OC)cc1. The fourth-order valence-electron chi connectivity index (χ4n) is 2.91. The smallest absolute Gasteiger partial charge is 0.192 e. The average Bonchev–Trinajstić information content (AvgIpc) is 2.64. The molecule has 160 valence electrons. The van der Waals surface area contributed by atoms with E-state index in [0.717, 1.165) is 11.3 Å². The molecule has 1 aromatic carbocycles. The van der Waals surface area contributed by atoms with Crippen LogP contribution < -0.4 is 4.74 Å². The van der Waals surface area contributed by atoms with Crippen molar-refractivity contribution in [2.75, 3.05) is 13.7 Å². The summed E-state index contributed by atoms with van der Waals surface area (Å²) in [4.78, 5) is 12.4. The lowest BCUT2D eigenvalue weighted by Crippen LogP contribution is -2.49. The lowest BCUT2D eigenvalue weighted by molar-refractivity contribution is -0.126. The summed E-state index contributed by atoms with van der Waals surface area (Å²) in [7, 11) is -0.326. The maximum Gasteiger partial charge on any atom is 0.192 e. The number of benzene rings is 1. The molecule has 0 amide bonds. The van der Waals surface area contributed by atoms with Crippen molar-refractivity contribution in [1.29, 1.82) is 0 Å². The fourth-order valence-corrected chi connectivity index (χ4v) is 4.38. The monoisotopic (exact) mass is 408 g/mol. The summed E-state index contributed by atoms with van der Waals surface area (Å²) in [6.45, 7) is 18.3. The van der Waals surface area contributed by atoms with E-state index in [4.69, 9.17) is 13.9 Å². The Balaban J connectivity index is 2.80. The van der Waals surface area contributed by atoms with E-state index in [9.17, 15) is 4.79 Å². The van der Waals surface area contributed by atoms with Gasteiger partial charge >= 0.3 is 0 Å². The van der Waals surface area contributed by atoms with Crippen LogP contribution in [0.4, 0.5) is 0 Å². The molecule has 0 bridgehead atoms. The van der Waals surface area contributed by atoms with Gasteiger partial charge in [-0.2, -0.15) is 0 Å². The Labute approximate surface area is 173 Å². The van der Waals surface area contributed by atoms with Crippen molar-refractivity contribution >= 4 is 14.1 Å². The summed E-state index contributed by atoms with van der Waals surface area (Å²) in [6.07, 6.45) is 0.419. The predicted octanol–water partition coefficient (Wildman–Crippen LogP) is 5.85. The van der Waals surface area contributed by atoms with Crippen LogP contribution in [-0.2, 0) is 20.6 Å². The summed E-state index contributed by atoms with van der Waals surface area (Å²) in [5.41, 5.74) is 1.10. The van der Waals surface area contributed by atoms with E-state index in [1.807, 2.05) is 38.1 Å². The van der Waals surface area contributed by atoms with Gasteiger partial charge in [0.1, 0.15) is 11.5 Å². The number of hydrogen-bond acceptors (Lipinski definition) is 4. The summed E-state index contributed by atoms with van der Waals surface area (Å²) < 4.78 is 17.9. The predicted molar refractivity (Wildman–Crippen MR) is 118 cm³/mol. The Hall–Kier alpha value is -1.17. The Morgan fingerprint density at radius 3 is 2.14 bits per heavy atom. The highest BCUT2D eigenvalue weighted by atomic mass is 28.4. The van der Waals surface area contributed by atoms with Crippen molar-refractivity contribution in [3.05, 3.63) is 29.8 Å². The first-order valence-electron chi connectivity index (χ1n) is 10.3. The van der Waals surface area contributed by atoms with Gasteiger partial charge in [0.15, 0.2) is 8.32 Å². The quantitative estimate of drug-likeness (QED) is 0.431. The minimum Gasteiger partial charge on any atom is -0.497 e. The van der Waals surface area contributed by atoms with Crippen LogP contribution in [0.3, 0.4) is 0 Å². The standard InChI is InChI=1S/C23H40O4Si/c1-10-21(24)18(3)22(27-28(8,9)23(4,5)6)17(2)15-26-16-19-11-13-20(25-7)14-12-19/h11-14,17-18,22H,10,15-16H2,1-9H3/t17-,18-,22-/m1/s1. The number of methoxy groups -OCH3 is 1. The van der Waals surface area contributed by atoms with Crippen LogP contribution in [0.1, 0.15) is 53.5 Å². The maximum absolute atomic E-state index is 12.4. The topological polar surface area (TPSA) is 44.8 Å². The first-order valence-corrected chi connectivity index (χ1v) is 13.2. The molecule has 0 aliphatic carbocycles. The van der Waals surface area contributed by atoms with Gasteiger partial charge in [0, 0.05) is 18.3 Å². The maximum atomic E-state index is 12.4. The van der Waals surface area contributed by atoms with E-state index in [0.29, 0.717) is 19.6 Å². The highest BCUT2D eigenvalue weighted by Gasteiger charge is 2.42. The average molecular weight is 409 g/mol. The van der Waals surface area contributed by atoms with Crippen molar-refractivity contribution in [2.24, 2.45) is 11.8 Å². The number of ether oxygens (including phenoxy) is 2. The first-order chi connectivity index (χ1) is 12.9. The molecular formula is C23H40O4Si. The van der Waals surface area contributed by atoms with Gasteiger partial charge in [-0.1, -0.05) is 53.7 Å². The lowest BCUT2D eigenvalue weighted by atomic mass is 9.90. The molecule has 0 aromatic heterocycles. The fraction of sp³-hybridized carbons (Fsp3) is 0.696. The molecule has 0 aliphatic rings. The zero-order valence-corrected chi connectivity index (χ0v) is 20.3. The van der Waals surface area contributed by atoms with Crippen LogP contribution in [-0.4, -0.2) is 33.9 Å². The van der Waals surface area contributed by atoms with Gasteiger partial charge in [-0.3, -0.25) is 4.79 Å². The number of carbonyl (C=O) groups excluding carboxylic acids is 1. The number of carbonyl (C=O) groups is 1. The van der Waals surface area contributed by atoms with Crippen molar-refractivity contribution in [3.63, 3.8) is 0 Å². The highest BCUT2D eigenvalue weighted by Crippen LogP contribution is 2.39. The Kier molecular flexibility index (Phi) is 9.38. The van der Waals surface area contributed by atoms with Crippen LogP contribution in [0.25, 0.3) is 0 Å². The molecule has 0 heterocycles. The number of rotatable bonds is 11. The van der Waals surface area contributed by atoms with Crippen LogP contribution in [0.5, 0.6) is 5.75 Å². The molecule has 0 unspecified atom stereocenters. The van der Waals surface area contributed by atoms with E-state index in [1.54, 1.807) is 7.11 Å². The zero-order chi connectivity index (χ0) is 21.5. The van der Waals surface area contributed by atoms with Gasteiger partial charge in [-0.15, -0.1) is 0 Å². The second kappa shape index (κ2) is 10.6. The van der Waals surface area contributed by atoms with E-state index < -0.39 is 8.32 Å². The van der Waals surface area contributed by atoms with Crippen molar-refractivity contribution < 1.29 is 18.7 Å². The lowest BCUT2D eigenvalue weighted by Gasteiger charge is -2.42. The van der Waals surface area contributed by atoms with Crippen LogP contribution in [0, 0.1) is 11.8 Å². The van der Waals surface area contributed by atoms with Gasteiger partial charge in [0.2, 0.25) is 0 Å². The highest BCUT2D eigenvalue weighted by molar-refractivity contribution is 6.74. The molecule has 0 saturated heterocycles. The number of hydrogen-bond donors (Lipinski definition) is 0. The van der Waals surface area contributed by atoms with E-state index >= 15 is 0 Å². The minimum absolute atomic E-state index is 0.101. The third-order valence-corrected chi connectivity index (χ3v) is 10.4. The summed E-state index contributed by atoms with van der Waals surface area (Å²) in [6, 6.07) is 7.90. The van der Waals surface area contributed by atoms with Crippen LogP contribution in [0.2, 0.25) is 18.1 Å². The molecular weight excluding hydrogens is 368 g/mol. The third kappa shape index (κ3) is 7.01. The Morgan fingerprint density at radius 2 is 1.68 bits per heavy atom. The molecule has 0 radical (unpaired) electrons. The van der Waals surface area contributed by atoms with Crippen molar-refractivity contribution in [2.45, 2.75) is 78.8 Å². The van der Waals surface area contributed by atoms with Gasteiger partial charge in [0.25, 0.3) is 0 Å². The molecule has 0 aliphatic heterocycles.